The third-order valence-corrected chi connectivity index (χ3v) is 3.65. The Balaban J connectivity index is 1.75. The topological polar surface area (TPSA) is 38.5 Å². The fourth-order valence-electron chi connectivity index (χ4n) is 2.57. The van der Waals surface area contributed by atoms with E-state index < -0.39 is 0 Å². The molecule has 1 saturated heterocycles. The SMILES string of the molecule is Nc1ccc(Oc2cccc(N3CCCCC3)c2)cc1. The number of hydrogen-bond donors (Lipinski definition) is 1. The molecule has 1 heterocycles. The van der Waals surface area contributed by atoms with Crippen molar-refractivity contribution in [3.8, 4) is 11.5 Å². The molecule has 20 heavy (non-hydrogen) atoms. The van der Waals surface area contributed by atoms with Crippen molar-refractivity contribution in [1.82, 2.24) is 0 Å². The van der Waals surface area contributed by atoms with Gasteiger partial charge in [0.2, 0.25) is 0 Å². The van der Waals surface area contributed by atoms with Gasteiger partial charge in [0.25, 0.3) is 0 Å². The van der Waals surface area contributed by atoms with Gasteiger partial charge in [-0.2, -0.15) is 0 Å². The highest BCUT2D eigenvalue weighted by Crippen LogP contribution is 2.27. The average molecular weight is 268 g/mol. The number of hydrogen-bond acceptors (Lipinski definition) is 3. The van der Waals surface area contributed by atoms with Crippen LogP contribution < -0.4 is 15.4 Å². The first-order valence-electron chi connectivity index (χ1n) is 7.20. The Morgan fingerprint density at radius 1 is 0.850 bits per heavy atom. The highest BCUT2D eigenvalue weighted by Gasteiger charge is 2.11. The summed E-state index contributed by atoms with van der Waals surface area (Å²) in [4.78, 5) is 2.43. The number of ether oxygens (including phenoxy) is 1. The van der Waals surface area contributed by atoms with Crippen LogP contribution in [-0.4, -0.2) is 13.1 Å². The Kier molecular flexibility index (Phi) is 3.77. The molecule has 0 spiro atoms. The fraction of sp³-hybridized carbons (Fsp3) is 0.294. The van der Waals surface area contributed by atoms with Gasteiger partial charge in [0.15, 0.2) is 0 Å². The van der Waals surface area contributed by atoms with Crippen molar-refractivity contribution in [3.63, 3.8) is 0 Å². The summed E-state index contributed by atoms with van der Waals surface area (Å²) in [6, 6.07) is 15.8. The van der Waals surface area contributed by atoms with E-state index in [1.165, 1.54) is 24.9 Å². The Labute approximate surface area is 120 Å². The molecule has 1 aliphatic rings. The molecule has 1 fully saturated rings. The standard InChI is InChI=1S/C17H20N2O/c18-14-7-9-16(10-8-14)20-17-6-4-5-15(13-17)19-11-2-1-3-12-19/h4-10,13H,1-3,11-12,18H2. The molecule has 2 aromatic carbocycles. The van der Waals surface area contributed by atoms with Gasteiger partial charge in [0, 0.05) is 30.5 Å². The van der Waals surface area contributed by atoms with Crippen LogP contribution in [-0.2, 0) is 0 Å². The molecule has 0 saturated carbocycles. The average Bonchev–Trinajstić information content (AvgIpc) is 2.51. The summed E-state index contributed by atoms with van der Waals surface area (Å²) in [5, 5.41) is 0. The van der Waals surface area contributed by atoms with Gasteiger partial charge in [-0.25, -0.2) is 0 Å². The van der Waals surface area contributed by atoms with Crippen molar-refractivity contribution in [2.45, 2.75) is 19.3 Å². The van der Waals surface area contributed by atoms with Crippen molar-refractivity contribution in [3.05, 3.63) is 48.5 Å². The lowest BCUT2D eigenvalue weighted by molar-refractivity contribution is 0.482. The molecule has 0 aliphatic carbocycles. The number of nitrogens with zero attached hydrogens (tertiary/aromatic N) is 1. The number of rotatable bonds is 3. The van der Waals surface area contributed by atoms with Crippen LogP contribution in [0.25, 0.3) is 0 Å². The first-order valence-corrected chi connectivity index (χ1v) is 7.20. The van der Waals surface area contributed by atoms with Crippen molar-refractivity contribution in [1.29, 1.82) is 0 Å². The van der Waals surface area contributed by atoms with Crippen molar-refractivity contribution >= 4 is 11.4 Å². The second kappa shape index (κ2) is 5.87. The van der Waals surface area contributed by atoms with Gasteiger partial charge in [0.1, 0.15) is 11.5 Å². The van der Waals surface area contributed by atoms with E-state index in [1.807, 2.05) is 30.3 Å². The molecule has 0 amide bonds. The Morgan fingerprint density at radius 3 is 2.35 bits per heavy atom. The zero-order valence-corrected chi connectivity index (χ0v) is 11.6. The summed E-state index contributed by atoms with van der Waals surface area (Å²) in [7, 11) is 0. The molecule has 2 N–H and O–H groups in total. The van der Waals surface area contributed by atoms with E-state index >= 15 is 0 Å². The molecule has 3 nitrogen and oxygen atoms in total. The van der Waals surface area contributed by atoms with Gasteiger partial charge in [-0.15, -0.1) is 0 Å². The molecular formula is C17H20N2O. The lowest BCUT2D eigenvalue weighted by atomic mass is 10.1. The van der Waals surface area contributed by atoms with Crippen LogP contribution in [0.3, 0.4) is 0 Å². The molecule has 3 rings (SSSR count). The minimum absolute atomic E-state index is 0.749. The fourth-order valence-corrected chi connectivity index (χ4v) is 2.57. The van der Waals surface area contributed by atoms with Gasteiger partial charge in [0.05, 0.1) is 0 Å². The molecule has 104 valence electrons. The Morgan fingerprint density at radius 2 is 1.60 bits per heavy atom. The van der Waals surface area contributed by atoms with E-state index in [2.05, 4.69) is 23.1 Å². The van der Waals surface area contributed by atoms with Crippen LogP contribution in [0.1, 0.15) is 19.3 Å². The molecule has 0 unspecified atom stereocenters. The zero-order valence-electron chi connectivity index (χ0n) is 11.6. The van der Waals surface area contributed by atoms with E-state index in [9.17, 15) is 0 Å². The van der Waals surface area contributed by atoms with Crippen LogP contribution in [0.4, 0.5) is 11.4 Å². The third-order valence-electron chi connectivity index (χ3n) is 3.65. The minimum Gasteiger partial charge on any atom is -0.457 e. The lowest BCUT2D eigenvalue weighted by Crippen LogP contribution is -2.29. The van der Waals surface area contributed by atoms with Gasteiger partial charge in [-0.1, -0.05) is 6.07 Å². The van der Waals surface area contributed by atoms with E-state index in [0.717, 1.165) is 30.3 Å². The highest BCUT2D eigenvalue weighted by molar-refractivity contribution is 5.52. The van der Waals surface area contributed by atoms with Gasteiger partial charge in [-0.3, -0.25) is 0 Å². The maximum absolute atomic E-state index is 5.88. The summed E-state index contributed by atoms with van der Waals surface area (Å²) >= 11 is 0. The van der Waals surface area contributed by atoms with Crippen molar-refractivity contribution < 1.29 is 4.74 Å². The third kappa shape index (κ3) is 3.05. The second-order valence-corrected chi connectivity index (χ2v) is 5.22. The Hall–Kier alpha value is -2.16. The quantitative estimate of drug-likeness (QED) is 0.853. The van der Waals surface area contributed by atoms with Crippen LogP contribution in [0.2, 0.25) is 0 Å². The maximum Gasteiger partial charge on any atom is 0.129 e. The summed E-state index contributed by atoms with van der Waals surface area (Å²) in [5.41, 5.74) is 7.68. The van der Waals surface area contributed by atoms with Gasteiger partial charge in [-0.05, 0) is 55.7 Å². The predicted octanol–water partition coefficient (Wildman–Crippen LogP) is 4.05. The minimum atomic E-state index is 0.749. The van der Waals surface area contributed by atoms with Crippen LogP contribution in [0.5, 0.6) is 11.5 Å². The first kappa shape index (κ1) is 12.9. The number of anilines is 2. The molecular weight excluding hydrogens is 248 g/mol. The Bertz CT molecular complexity index is 559. The summed E-state index contributed by atoms with van der Waals surface area (Å²) < 4.78 is 5.88. The normalized spacial score (nSPS) is 15.1. The monoisotopic (exact) mass is 268 g/mol. The largest absolute Gasteiger partial charge is 0.457 e. The van der Waals surface area contributed by atoms with Crippen LogP contribution >= 0.6 is 0 Å². The summed E-state index contributed by atoms with van der Waals surface area (Å²) in [5.74, 6) is 1.69. The van der Waals surface area contributed by atoms with E-state index in [0.29, 0.717) is 0 Å². The molecule has 0 atom stereocenters. The van der Waals surface area contributed by atoms with E-state index in [4.69, 9.17) is 10.5 Å². The number of nitrogens with two attached hydrogens (primary N) is 1. The predicted molar refractivity (Wildman–Crippen MR) is 83.4 cm³/mol. The van der Waals surface area contributed by atoms with Gasteiger partial charge >= 0.3 is 0 Å². The molecule has 0 radical (unpaired) electrons. The smallest absolute Gasteiger partial charge is 0.129 e. The first-order chi connectivity index (χ1) is 9.81. The van der Waals surface area contributed by atoms with E-state index in [1.54, 1.807) is 0 Å². The molecule has 0 aromatic heterocycles. The summed E-state index contributed by atoms with van der Waals surface area (Å²) in [6.45, 7) is 2.29. The number of benzene rings is 2. The molecule has 1 aliphatic heterocycles. The highest BCUT2D eigenvalue weighted by atomic mass is 16.5. The summed E-state index contributed by atoms with van der Waals surface area (Å²) in [6.07, 6.45) is 3.91. The van der Waals surface area contributed by atoms with Crippen LogP contribution in [0.15, 0.2) is 48.5 Å². The zero-order chi connectivity index (χ0) is 13.8. The number of piperidine rings is 1. The number of nitrogen functional groups attached to an aromatic ring is 1. The molecule has 3 heteroatoms. The molecule has 2 aromatic rings. The van der Waals surface area contributed by atoms with Gasteiger partial charge < -0.3 is 15.4 Å². The second-order valence-electron chi connectivity index (χ2n) is 5.22. The maximum atomic E-state index is 5.88. The van der Waals surface area contributed by atoms with E-state index in [-0.39, 0.29) is 0 Å². The lowest BCUT2D eigenvalue weighted by Gasteiger charge is -2.29. The van der Waals surface area contributed by atoms with Crippen LogP contribution in [0, 0.1) is 0 Å². The van der Waals surface area contributed by atoms with Crippen molar-refractivity contribution in [2.75, 3.05) is 23.7 Å². The van der Waals surface area contributed by atoms with Crippen molar-refractivity contribution in [2.24, 2.45) is 0 Å². The molecule has 0 bridgehead atoms.